The fourth-order valence-corrected chi connectivity index (χ4v) is 2.62. The molecule has 0 heterocycles. The van der Waals surface area contributed by atoms with Crippen LogP contribution in [0.2, 0.25) is 0 Å². The van der Waals surface area contributed by atoms with Crippen molar-refractivity contribution in [2.24, 2.45) is 0 Å². The van der Waals surface area contributed by atoms with E-state index in [1.165, 1.54) is 4.90 Å². The van der Waals surface area contributed by atoms with E-state index in [0.717, 1.165) is 5.56 Å². The molecule has 3 N–H and O–H groups in total. The maximum absolute atomic E-state index is 11.8. The number of aliphatic hydroxyl groups excluding tert-OH is 1. The number of hydroxylamine groups is 1. The van der Waals surface area contributed by atoms with Crippen molar-refractivity contribution in [3.05, 3.63) is 35.9 Å². The summed E-state index contributed by atoms with van der Waals surface area (Å²) in [5, 5.41) is 20.3. The lowest BCUT2D eigenvalue weighted by atomic mass is 9.95. The van der Waals surface area contributed by atoms with Gasteiger partial charge in [0.25, 0.3) is 0 Å². The SMILES string of the molecule is CC(C)ONC[C@@H](O)[C@H](Cc1ccccc1)N(C(=O)O)C(C)(C)C. The first kappa shape index (κ1) is 20.4. The molecule has 1 amide bonds. The molecule has 1 aromatic carbocycles. The minimum atomic E-state index is -1.05. The van der Waals surface area contributed by atoms with Gasteiger partial charge >= 0.3 is 6.09 Å². The second kappa shape index (κ2) is 9.01. The molecule has 0 saturated carbocycles. The molecular weight excluding hydrogens is 308 g/mol. The summed E-state index contributed by atoms with van der Waals surface area (Å²) in [6, 6.07) is 8.99. The molecule has 0 fully saturated rings. The highest BCUT2D eigenvalue weighted by Gasteiger charge is 2.37. The molecule has 0 aliphatic carbocycles. The summed E-state index contributed by atoms with van der Waals surface area (Å²) in [5.41, 5.74) is 3.07. The third-order valence-corrected chi connectivity index (χ3v) is 3.60. The molecule has 2 atom stereocenters. The van der Waals surface area contributed by atoms with Gasteiger partial charge in [-0.15, -0.1) is 0 Å². The van der Waals surface area contributed by atoms with Crippen molar-refractivity contribution in [2.45, 2.75) is 64.8 Å². The molecule has 0 bridgehead atoms. The minimum absolute atomic E-state index is 0.0250. The zero-order chi connectivity index (χ0) is 18.3. The van der Waals surface area contributed by atoms with Crippen LogP contribution in [0.15, 0.2) is 30.3 Å². The summed E-state index contributed by atoms with van der Waals surface area (Å²) in [4.78, 5) is 18.4. The topological polar surface area (TPSA) is 82.0 Å². The number of nitrogens with zero attached hydrogens (tertiary/aromatic N) is 1. The van der Waals surface area contributed by atoms with E-state index in [-0.39, 0.29) is 12.6 Å². The number of amides is 1. The molecule has 1 aromatic rings. The Bertz CT molecular complexity index is 499. The minimum Gasteiger partial charge on any atom is -0.465 e. The van der Waals surface area contributed by atoms with Crippen LogP contribution >= 0.6 is 0 Å². The summed E-state index contributed by atoms with van der Waals surface area (Å²) in [6.45, 7) is 9.37. The van der Waals surface area contributed by atoms with Gasteiger partial charge in [0.2, 0.25) is 0 Å². The highest BCUT2D eigenvalue weighted by atomic mass is 16.7. The van der Waals surface area contributed by atoms with Crippen LogP contribution in [0.5, 0.6) is 0 Å². The number of hydrogen-bond donors (Lipinski definition) is 3. The van der Waals surface area contributed by atoms with Gasteiger partial charge in [-0.05, 0) is 46.6 Å². The average Bonchev–Trinajstić information content (AvgIpc) is 2.45. The predicted octanol–water partition coefficient (Wildman–Crippen LogP) is 2.67. The standard InChI is InChI=1S/C18H30N2O4/c1-13(2)24-19-12-16(21)15(11-14-9-7-6-8-10-14)20(17(22)23)18(3,4)5/h6-10,13,15-16,19,21H,11-12H2,1-5H3,(H,22,23)/t15-,16+/m0/s1. The van der Waals surface area contributed by atoms with E-state index in [2.05, 4.69) is 5.48 Å². The summed E-state index contributed by atoms with van der Waals surface area (Å²) in [6.07, 6.45) is -1.55. The molecule has 0 aliphatic heterocycles. The number of rotatable bonds is 8. The Morgan fingerprint density at radius 1 is 1.25 bits per heavy atom. The summed E-state index contributed by atoms with van der Waals surface area (Å²) in [5.74, 6) is 0. The number of carbonyl (C=O) groups is 1. The van der Waals surface area contributed by atoms with Gasteiger partial charge in [0.1, 0.15) is 0 Å². The van der Waals surface area contributed by atoms with Crippen LogP contribution in [0.1, 0.15) is 40.2 Å². The van der Waals surface area contributed by atoms with E-state index in [0.29, 0.717) is 6.42 Å². The fourth-order valence-electron chi connectivity index (χ4n) is 2.62. The van der Waals surface area contributed by atoms with Gasteiger partial charge in [-0.1, -0.05) is 30.3 Å². The Balaban J connectivity index is 2.98. The lowest BCUT2D eigenvalue weighted by Crippen LogP contribution is -2.58. The number of carboxylic acid groups (broad SMARTS) is 1. The molecule has 1 rings (SSSR count). The average molecular weight is 338 g/mol. The first-order valence-electron chi connectivity index (χ1n) is 8.25. The van der Waals surface area contributed by atoms with E-state index in [4.69, 9.17) is 4.84 Å². The molecular formula is C18H30N2O4. The van der Waals surface area contributed by atoms with E-state index >= 15 is 0 Å². The van der Waals surface area contributed by atoms with Gasteiger partial charge in [-0.2, -0.15) is 5.48 Å². The van der Waals surface area contributed by atoms with Crippen LogP contribution in [0, 0.1) is 0 Å². The van der Waals surface area contributed by atoms with Gasteiger partial charge in [0, 0.05) is 12.1 Å². The Hall–Kier alpha value is -1.63. The van der Waals surface area contributed by atoms with Crippen LogP contribution in [-0.4, -0.2) is 51.5 Å². The molecule has 0 aliphatic rings. The third kappa shape index (κ3) is 6.47. The predicted molar refractivity (Wildman–Crippen MR) is 93.8 cm³/mol. The third-order valence-electron chi connectivity index (χ3n) is 3.60. The van der Waals surface area contributed by atoms with Gasteiger partial charge in [0.15, 0.2) is 0 Å². The second-order valence-electron chi connectivity index (χ2n) is 7.16. The van der Waals surface area contributed by atoms with Crippen LogP contribution in [0.25, 0.3) is 0 Å². The Morgan fingerprint density at radius 2 is 1.83 bits per heavy atom. The van der Waals surface area contributed by atoms with Crippen LogP contribution in [-0.2, 0) is 11.3 Å². The van der Waals surface area contributed by atoms with Crippen molar-refractivity contribution in [1.82, 2.24) is 10.4 Å². The molecule has 136 valence electrons. The zero-order valence-corrected chi connectivity index (χ0v) is 15.2. The normalized spacial score (nSPS) is 14.5. The van der Waals surface area contributed by atoms with Crippen molar-refractivity contribution in [2.75, 3.05) is 6.54 Å². The lowest BCUT2D eigenvalue weighted by Gasteiger charge is -2.41. The summed E-state index contributed by atoms with van der Waals surface area (Å²) >= 11 is 0. The van der Waals surface area contributed by atoms with Gasteiger partial charge in [-0.25, -0.2) is 4.79 Å². The van der Waals surface area contributed by atoms with Crippen LogP contribution in [0.4, 0.5) is 4.79 Å². The highest BCUT2D eigenvalue weighted by molar-refractivity contribution is 5.66. The van der Waals surface area contributed by atoms with Crippen molar-refractivity contribution >= 4 is 6.09 Å². The lowest BCUT2D eigenvalue weighted by molar-refractivity contribution is -0.0471. The quantitative estimate of drug-likeness (QED) is 0.635. The van der Waals surface area contributed by atoms with Crippen molar-refractivity contribution < 1.29 is 19.8 Å². The van der Waals surface area contributed by atoms with E-state index in [9.17, 15) is 15.0 Å². The van der Waals surface area contributed by atoms with Crippen molar-refractivity contribution in [1.29, 1.82) is 0 Å². The molecule has 6 nitrogen and oxygen atoms in total. The van der Waals surface area contributed by atoms with Gasteiger partial charge < -0.3 is 10.2 Å². The number of aliphatic hydroxyl groups is 1. The second-order valence-corrected chi connectivity index (χ2v) is 7.16. The first-order valence-corrected chi connectivity index (χ1v) is 8.25. The van der Waals surface area contributed by atoms with Gasteiger partial charge in [0.05, 0.1) is 18.2 Å². The first-order chi connectivity index (χ1) is 11.1. The monoisotopic (exact) mass is 338 g/mol. The molecule has 6 heteroatoms. The molecule has 24 heavy (non-hydrogen) atoms. The number of hydrogen-bond acceptors (Lipinski definition) is 4. The number of benzene rings is 1. The van der Waals surface area contributed by atoms with Gasteiger partial charge in [-0.3, -0.25) is 9.74 Å². The molecule has 0 aromatic heterocycles. The number of nitrogens with one attached hydrogen (secondary N) is 1. The van der Waals surface area contributed by atoms with E-state index in [1.807, 2.05) is 65.0 Å². The van der Waals surface area contributed by atoms with Crippen molar-refractivity contribution in [3.8, 4) is 0 Å². The zero-order valence-electron chi connectivity index (χ0n) is 15.2. The summed E-state index contributed by atoms with van der Waals surface area (Å²) < 4.78 is 0. The maximum atomic E-state index is 11.8. The van der Waals surface area contributed by atoms with E-state index in [1.54, 1.807) is 0 Å². The Morgan fingerprint density at radius 3 is 2.29 bits per heavy atom. The van der Waals surface area contributed by atoms with Crippen LogP contribution in [0.3, 0.4) is 0 Å². The smallest absolute Gasteiger partial charge is 0.408 e. The molecule has 0 unspecified atom stereocenters. The molecule has 0 saturated heterocycles. The molecule has 0 radical (unpaired) electrons. The van der Waals surface area contributed by atoms with Crippen molar-refractivity contribution in [3.63, 3.8) is 0 Å². The Kier molecular flexibility index (Phi) is 7.66. The van der Waals surface area contributed by atoms with Crippen LogP contribution < -0.4 is 5.48 Å². The maximum Gasteiger partial charge on any atom is 0.408 e. The largest absolute Gasteiger partial charge is 0.465 e. The van der Waals surface area contributed by atoms with E-state index < -0.39 is 23.8 Å². The molecule has 0 spiro atoms. The fraction of sp³-hybridized carbons (Fsp3) is 0.611. The Labute approximate surface area is 144 Å². The highest BCUT2D eigenvalue weighted by Crippen LogP contribution is 2.22. The summed E-state index contributed by atoms with van der Waals surface area (Å²) in [7, 11) is 0.